The van der Waals surface area contributed by atoms with E-state index >= 15 is 0 Å². The van der Waals surface area contributed by atoms with Gasteiger partial charge in [-0.2, -0.15) is 4.98 Å². The Kier molecular flexibility index (Phi) is 20.2. The summed E-state index contributed by atoms with van der Waals surface area (Å²) in [5.41, 5.74) is 6.37. The van der Waals surface area contributed by atoms with Crippen molar-refractivity contribution in [1.29, 1.82) is 0 Å². The predicted molar refractivity (Wildman–Crippen MR) is 331 cm³/mol. The van der Waals surface area contributed by atoms with E-state index in [1.54, 1.807) is 57.7 Å². The molecule has 1 unspecified atom stereocenters. The number of rotatable bonds is 25. The van der Waals surface area contributed by atoms with Gasteiger partial charge in [0.25, 0.3) is 5.91 Å². The zero-order chi connectivity index (χ0) is 63.2. The summed E-state index contributed by atoms with van der Waals surface area (Å²) in [7, 11) is 4.72. The van der Waals surface area contributed by atoms with Crippen molar-refractivity contribution in [1.82, 2.24) is 19.8 Å². The number of aromatic nitrogens is 2. The van der Waals surface area contributed by atoms with Crippen LogP contribution in [0.25, 0.3) is 11.1 Å². The van der Waals surface area contributed by atoms with E-state index in [9.17, 15) is 33.6 Å². The standard InChI is InChI=1S/C70H67N5O15/c1-45(76)18-35-65(78)90-60-41-64(89-61(60)44-87-70(49-12-6-5-7-13-49,50-25-31-52(83-3)32-26-50)51-27-33-53(84-4)34-28-51)75-37-36-62(73-67(75)80)72-66(79)48-23-19-47(20-24-48)42-71-63(77)40-46-21-29-54(30-22-46)88-69(82)85-39-38-74(2)68(81)86-43-59-57-16-10-8-14-55(57)56-15-9-11-17-58(56)59/h5-17,19-34,36-37,59-61,64H,18,35,38-44H2,1-4H3,(H,71,77)(H,72,73,79,80)/t60?,61-,64-/m1/s1. The number of hydrogen-bond acceptors (Lipinski definition) is 16. The molecule has 0 saturated carbocycles. The number of amides is 3. The van der Waals surface area contributed by atoms with Gasteiger partial charge in [0, 0.05) is 44.1 Å². The smallest absolute Gasteiger partial charge is 0.497 e. The van der Waals surface area contributed by atoms with Gasteiger partial charge in [0.05, 0.1) is 40.2 Å². The fourth-order valence-corrected chi connectivity index (χ4v) is 10.9. The van der Waals surface area contributed by atoms with Crippen molar-refractivity contribution >= 4 is 41.6 Å². The number of carbonyl (C=O) groups excluding carboxylic acids is 6. The summed E-state index contributed by atoms with van der Waals surface area (Å²) >= 11 is 0. The third-order valence-electron chi connectivity index (χ3n) is 15.7. The number of nitrogens with zero attached hydrogens (tertiary/aromatic N) is 3. The molecule has 0 spiro atoms. The van der Waals surface area contributed by atoms with E-state index in [1.165, 1.54) is 40.8 Å². The molecule has 1 aliphatic heterocycles. The Bertz CT molecular complexity index is 3800. The van der Waals surface area contributed by atoms with Gasteiger partial charge in [-0.05, 0) is 112 Å². The average Bonchev–Trinajstić information content (AvgIpc) is 1.15. The highest BCUT2D eigenvalue weighted by Crippen LogP contribution is 2.45. The normalized spacial score (nSPS) is 14.9. The molecule has 3 amide bonds. The van der Waals surface area contributed by atoms with E-state index < -0.39 is 53.9 Å². The molecule has 462 valence electrons. The third-order valence-corrected chi connectivity index (χ3v) is 15.7. The van der Waals surface area contributed by atoms with Crippen LogP contribution in [0.3, 0.4) is 0 Å². The van der Waals surface area contributed by atoms with Gasteiger partial charge in [-0.3, -0.25) is 19.0 Å². The van der Waals surface area contributed by atoms with E-state index in [1.807, 2.05) is 115 Å². The van der Waals surface area contributed by atoms with Crippen LogP contribution in [0.5, 0.6) is 17.2 Å². The molecule has 20 nitrogen and oxygen atoms in total. The van der Waals surface area contributed by atoms with Gasteiger partial charge in [-0.15, -0.1) is 0 Å². The quantitative estimate of drug-likeness (QED) is 0.0234. The number of hydrogen-bond donors (Lipinski definition) is 2. The molecule has 20 heteroatoms. The molecule has 10 rings (SSSR count). The number of carbonyl (C=O) groups is 6. The van der Waals surface area contributed by atoms with E-state index in [4.69, 9.17) is 37.9 Å². The molecule has 90 heavy (non-hydrogen) atoms. The van der Waals surface area contributed by atoms with Crippen molar-refractivity contribution in [2.24, 2.45) is 0 Å². The molecule has 0 bridgehead atoms. The third kappa shape index (κ3) is 15.1. The summed E-state index contributed by atoms with van der Waals surface area (Å²) in [5, 5.41) is 5.53. The maximum absolute atomic E-state index is 13.8. The molecule has 2 N–H and O–H groups in total. The number of methoxy groups -OCH3 is 2. The molecule has 1 aromatic heterocycles. The molecule has 8 aromatic rings. The number of esters is 1. The van der Waals surface area contributed by atoms with Gasteiger partial charge in [-0.25, -0.2) is 14.4 Å². The number of Topliss-reactive ketones (excluding diaryl/α,β-unsaturated/α-hetero) is 1. The van der Waals surface area contributed by atoms with E-state index in [-0.39, 0.29) is 93.3 Å². The highest BCUT2D eigenvalue weighted by molar-refractivity contribution is 6.03. The average molecular weight is 1220 g/mol. The summed E-state index contributed by atoms with van der Waals surface area (Å²) in [6, 6.07) is 55.1. The first-order valence-electron chi connectivity index (χ1n) is 29.3. The van der Waals surface area contributed by atoms with Crippen LogP contribution in [0.1, 0.15) is 87.6 Å². The van der Waals surface area contributed by atoms with Crippen molar-refractivity contribution in [3.8, 4) is 28.4 Å². The summed E-state index contributed by atoms with van der Waals surface area (Å²) in [4.78, 5) is 96.0. The lowest BCUT2D eigenvalue weighted by Crippen LogP contribution is -2.39. The summed E-state index contributed by atoms with van der Waals surface area (Å²) in [5.74, 6) is -0.249. The molecule has 7 aromatic carbocycles. The number of likely N-dealkylation sites (N-methyl/N-ethyl adjacent to an activating group) is 1. The minimum Gasteiger partial charge on any atom is -0.497 e. The van der Waals surface area contributed by atoms with Crippen LogP contribution in [0, 0.1) is 0 Å². The van der Waals surface area contributed by atoms with E-state index in [0.717, 1.165) is 38.9 Å². The van der Waals surface area contributed by atoms with Crippen LogP contribution in [0.2, 0.25) is 0 Å². The lowest BCUT2D eigenvalue weighted by atomic mass is 9.80. The summed E-state index contributed by atoms with van der Waals surface area (Å²) in [6.45, 7) is 1.53. The van der Waals surface area contributed by atoms with Crippen molar-refractivity contribution < 1.29 is 66.7 Å². The van der Waals surface area contributed by atoms with Gasteiger partial charge < -0.3 is 58.2 Å². The summed E-state index contributed by atoms with van der Waals surface area (Å²) in [6.07, 6.45) is -2.99. The van der Waals surface area contributed by atoms with Crippen molar-refractivity contribution in [2.45, 2.75) is 69.1 Å². The lowest BCUT2D eigenvalue weighted by molar-refractivity contribution is -0.156. The highest BCUT2D eigenvalue weighted by Gasteiger charge is 2.44. The maximum Gasteiger partial charge on any atom is 0.513 e. The fourth-order valence-electron chi connectivity index (χ4n) is 10.9. The molecule has 3 atom stereocenters. The minimum absolute atomic E-state index is 0.0123. The molecular formula is C70H67N5O15. The van der Waals surface area contributed by atoms with Crippen LogP contribution in [-0.4, -0.2) is 110 Å². The number of fused-ring (bicyclic) bond motifs is 3. The topological polar surface area (TPSA) is 238 Å². The SMILES string of the molecule is COc1ccc(C(OC[C@H]2O[C@@H](n3ccc(NC(=O)c4ccc(CNC(=O)Cc5ccc(OC(=O)OCCN(C)C(=O)OCC6c7ccccc7-c7ccccc76)cc5)cc4)nc3=O)CC2OC(=O)CCC(C)=O)(c2ccccc2)c2ccc(OC)cc2)cc1. The molecule has 1 fully saturated rings. The summed E-state index contributed by atoms with van der Waals surface area (Å²) < 4.78 is 48.0. The van der Waals surface area contributed by atoms with Gasteiger partial charge in [0.2, 0.25) is 5.91 Å². The number of ketones is 1. The second-order valence-corrected chi connectivity index (χ2v) is 21.6. The van der Waals surface area contributed by atoms with Crippen LogP contribution >= 0.6 is 0 Å². The minimum atomic E-state index is -1.25. The fraction of sp³-hybridized carbons (Fsp3) is 0.257. The molecule has 2 heterocycles. The Morgan fingerprint density at radius 2 is 1.26 bits per heavy atom. The largest absolute Gasteiger partial charge is 0.513 e. The van der Waals surface area contributed by atoms with Crippen LogP contribution in [-0.2, 0) is 56.6 Å². The van der Waals surface area contributed by atoms with Gasteiger partial charge in [0.15, 0.2) is 0 Å². The lowest BCUT2D eigenvalue weighted by Gasteiger charge is -2.37. The van der Waals surface area contributed by atoms with E-state index in [0.29, 0.717) is 22.6 Å². The molecule has 1 aliphatic carbocycles. The molecule has 1 saturated heterocycles. The molecule has 0 radical (unpaired) electrons. The van der Waals surface area contributed by atoms with Crippen LogP contribution in [0.4, 0.5) is 15.4 Å². The van der Waals surface area contributed by atoms with Crippen LogP contribution < -0.4 is 30.5 Å². The van der Waals surface area contributed by atoms with Gasteiger partial charge in [0.1, 0.15) is 66.1 Å². The Morgan fingerprint density at radius 3 is 1.87 bits per heavy atom. The van der Waals surface area contributed by atoms with Crippen molar-refractivity contribution in [2.75, 3.05) is 52.9 Å². The number of benzene rings is 7. The Hall–Kier alpha value is -10.4. The van der Waals surface area contributed by atoms with Crippen molar-refractivity contribution in [3.05, 3.63) is 243 Å². The monoisotopic (exact) mass is 1220 g/mol. The Labute approximate surface area is 519 Å². The van der Waals surface area contributed by atoms with E-state index in [2.05, 4.69) is 27.8 Å². The first kappa shape index (κ1) is 62.6. The first-order valence-corrected chi connectivity index (χ1v) is 29.3. The number of anilines is 1. The molecular weight excluding hydrogens is 1150 g/mol. The van der Waals surface area contributed by atoms with Gasteiger partial charge in [-0.1, -0.05) is 127 Å². The van der Waals surface area contributed by atoms with Gasteiger partial charge >= 0.3 is 23.9 Å². The molecule has 2 aliphatic rings. The number of ether oxygens (including phenoxy) is 8. The maximum atomic E-state index is 13.8. The zero-order valence-corrected chi connectivity index (χ0v) is 50.0. The first-order chi connectivity index (χ1) is 43.7. The van der Waals surface area contributed by atoms with Crippen molar-refractivity contribution in [3.63, 3.8) is 0 Å². The van der Waals surface area contributed by atoms with Crippen LogP contribution in [0.15, 0.2) is 193 Å². The second kappa shape index (κ2) is 29.0. The second-order valence-electron chi connectivity index (χ2n) is 21.6. The Balaban J connectivity index is 0.695. The predicted octanol–water partition coefficient (Wildman–Crippen LogP) is 10.3. The Morgan fingerprint density at radius 1 is 0.667 bits per heavy atom. The highest BCUT2D eigenvalue weighted by atomic mass is 16.7. The zero-order valence-electron chi connectivity index (χ0n) is 50.0. The number of nitrogens with one attached hydrogen (secondary N) is 2.